The van der Waals surface area contributed by atoms with Crippen molar-refractivity contribution in [3.8, 4) is 0 Å². The topological polar surface area (TPSA) is 86.6 Å². The van der Waals surface area contributed by atoms with E-state index in [0.29, 0.717) is 0 Å². The Labute approximate surface area is 65.4 Å². The zero-order valence-corrected chi connectivity index (χ0v) is 6.46. The molecule has 0 radical (unpaired) electrons. The summed E-state index contributed by atoms with van der Waals surface area (Å²) in [5.41, 5.74) is 0. The first-order chi connectivity index (χ1) is 4.57. The molecule has 0 spiro atoms. The molecular formula is C4H6BrNO4. The third-order valence-corrected chi connectivity index (χ3v) is 1.36. The highest BCUT2D eigenvalue weighted by Gasteiger charge is 2.18. The van der Waals surface area contributed by atoms with Crippen LogP contribution in [-0.2, 0) is 9.59 Å². The lowest BCUT2D eigenvalue weighted by atomic mass is 10.2. The van der Waals surface area contributed by atoms with Gasteiger partial charge in [-0.2, -0.15) is 0 Å². The molecule has 0 saturated carbocycles. The van der Waals surface area contributed by atoms with Crippen molar-refractivity contribution in [2.75, 3.05) is 0 Å². The van der Waals surface area contributed by atoms with Gasteiger partial charge in [0.1, 0.15) is 6.04 Å². The van der Waals surface area contributed by atoms with Crippen molar-refractivity contribution in [3.05, 3.63) is 0 Å². The number of nitrogens with one attached hydrogen (secondary N) is 1. The molecule has 0 unspecified atom stereocenters. The summed E-state index contributed by atoms with van der Waals surface area (Å²) >= 11 is 2.65. The van der Waals surface area contributed by atoms with E-state index in [1.807, 2.05) is 0 Å². The van der Waals surface area contributed by atoms with E-state index < -0.39 is 24.4 Å². The van der Waals surface area contributed by atoms with Crippen LogP contribution in [0.4, 0.5) is 0 Å². The molecule has 0 fully saturated rings. The van der Waals surface area contributed by atoms with E-state index in [4.69, 9.17) is 10.2 Å². The predicted molar refractivity (Wildman–Crippen MR) is 35.7 cm³/mol. The largest absolute Gasteiger partial charge is 0.481 e. The standard InChI is InChI=1S/C4H6BrNO4/c5-6-2(4(9)10)1-3(7)8/h2,6H,1H2,(H,7,8)(H,9,10)/t2-/m0/s1. The van der Waals surface area contributed by atoms with Gasteiger partial charge < -0.3 is 10.2 Å². The Morgan fingerprint density at radius 1 is 1.50 bits per heavy atom. The van der Waals surface area contributed by atoms with E-state index in [9.17, 15) is 9.59 Å². The van der Waals surface area contributed by atoms with Crippen LogP contribution in [0.2, 0.25) is 0 Å². The smallest absolute Gasteiger partial charge is 0.322 e. The van der Waals surface area contributed by atoms with Gasteiger partial charge in [0.15, 0.2) is 0 Å². The Kier molecular flexibility index (Phi) is 3.97. The molecule has 6 heteroatoms. The first-order valence-corrected chi connectivity index (χ1v) is 3.18. The molecule has 10 heavy (non-hydrogen) atoms. The second-order valence-corrected chi connectivity index (χ2v) is 2.06. The molecule has 0 bridgehead atoms. The first-order valence-electron chi connectivity index (χ1n) is 2.38. The number of carbonyl (C=O) groups is 2. The van der Waals surface area contributed by atoms with Crippen molar-refractivity contribution in [1.29, 1.82) is 0 Å². The Morgan fingerprint density at radius 2 is 2.00 bits per heavy atom. The highest BCUT2D eigenvalue weighted by molar-refractivity contribution is 9.08. The van der Waals surface area contributed by atoms with Gasteiger partial charge in [-0.25, -0.2) is 4.34 Å². The quantitative estimate of drug-likeness (QED) is 0.562. The van der Waals surface area contributed by atoms with E-state index in [2.05, 4.69) is 20.5 Å². The lowest BCUT2D eigenvalue weighted by Gasteiger charge is -2.04. The molecule has 3 N–H and O–H groups in total. The van der Waals surface area contributed by atoms with Crippen LogP contribution in [0.1, 0.15) is 6.42 Å². The maximum atomic E-state index is 10.1. The van der Waals surface area contributed by atoms with Crippen LogP contribution in [0.3, 0.4) is 0 Å². The lowest BCUT2D eigenvalue weighted by Crippen LogP contribution is -2.32. The lowest BCUT2D eigenvalue weighted by molar-refractivity contribution is -0.145. The van der Waals surface area contributed by atoms with Crippen LogP contribution < -0.4 is 4.34 Å². The molecule has 0 aromatic rings. The second kappa shape index (κ2) is 4.24. The van der Waals surface area contributed by atoms with Crippen molar-refractivity contribution >= 4 is 28.1 Å². The molecule has 0 amide bonds. The van der Waals surface area contributed by atoms with Gasteiger partial charge in [-0.1, -0.05) is 0 Å². The summed E-state index contributed by atoms with van der Waals surface area (Å²) < 4.78 is 2.16. The third kappa shape index (κ3) is 3.41. The molecule has 0 aliphatic carbocycles. The number of aliphatic carboxylic acids is 2. The zero-order valence-electron chi connectivity index (χ0n) is 4.87. The molecule has 0 saturated heterocycles. The van der Waals surface area contributed by atoms with E-state index in [-0.39, 0.29) is 0 Å². The maximum Gasteiger partial charge on any atom is 0.322 e. The summed E-state index contributed by atoms with van der Waals surface area (Å²) in [5, 5.41) is 16.4. The van der Waals surface area contributed by atoms with E-state index in [0.717, 1.165) is 0 Å². The SMILES string of the molecule is O=C(O)C[C@H](NBr)C(=O)O. The van der Waals surface area contributed by atoms with Crippen molar-refractivity contribution in [1.82, 2.24) is 4.34 Å². The van der Waals surface area contributed by atoms with Crippen LogP contribution in [0, 0.1) is 0 Å². The Hall–Kier alpha value is -0.620. The molecule has 0 rings (SSSR count). The number of hydrogen-bond donors (Lipinski definition) is 3. The number of halogens is 1. The molecule has 5 nitrogen and oxygen atoms in total. The molecule has 1 atom stereocenters. The molecule has 0 aliphatic rings. The number of rotatable bonds is 4. The van der Waals surface area contributed by atoms with Gasteiger partial charge in [-0.3, -0.25) is 9.59 Å². The van der Waals surface area contributed by atoms with Crippen LogP contribution >= 0.6 is 16.1 Å². The minimum atomic E-state index is -1.20. The van der Waals surface area contributed by atoms with Crippen molar-refractivity contribution in [2.45, 2.75) is 12.5 Å². The summed E-state index contributed by atoms with van der Waals surface area (Å²) in [6.07, 6.45) is -0.444. The van der Waals surface area contributed by atoms with Gasteiger partial charge in [-0.05, 0) is 0 Å². The third-order valence-electron chi connectivity index (χ3n) is 0.809. The number of carboxylic acid groups (broad SMARTS) is 2. The van der Waals surface area contributed by atoms with E-state index in [1.54, 1.807) is 0 Å². The predicted octanol–water partition coefficient (Wildman–Crippen LogP) is -0.186. The summed E-state index contributed by atoms with van der Waals surface area (Å²) in [4.78, 5) is 20.1. The van der Waals surface area contributed by atoms with Crippen LogP contribution in [0.5, 0.6) is 0 Å². The highest BCUT2D eigenvalue weighted by atomic mass is 79.9. The van der Waals surface area contributed by atoms with Gasteiger partial charge in [0.2, 0.25) is 0 Å². The first kappa shape index (κ1) is 9.38. The van der Waals surface area contributed by atoms with Crippen molar-refractivity contribution < 1.29 is 19.8 Å². The van der Waals surface area contributed by atoms with E-state index in [1.165, 1.54) is 0 Å². The molecule has 58 valence electrons. The fourth-order valence-electron chi connectivity index (χ4n) is 0.347. The van der Waals surface area contributed by atoms with Gasteiger partial charge >= 0.3 is 11.9 Å². The van der Waals surface area contributed by atoms with Gasteiger partial charge in [0.05, 0.1) is 6.42 Å². The normalized spacial score (nSPS) is 12.5. The summed E-state index contributed by atoms with van der Waals surface area (Å²) in [6, 6.07) is -1.07. The Bertz CT molecular complexity index is 148. The van der Waals surface area contributed by atoms with Crippen LogP contribution in [-0.4, -0.2) is 28.2 Å². The van der Waals surface area contributed by atoms with Crippen molar-refractivity contribution in [3.63, 3.8) is 0 Å². The average molecular weight is 212 g/mol. The Morgan fingerprint density at radius 3 is 2.10 bits per heavy atom. The van der Waals surface area contributed by atoms with Gasteiger partial charge in [0.25, 0.3) is 0 Å². The van der Waals surface area contributed by atoms with Crippen LogP contribution in [0.25, 0.3) is 0 Å². The molecule has 0 heterocycles. The summed E-state index contributed by atoms with van der Waals surface area (Å²) in [7, 11) is 0. The molecule has 0 aliphatic heterocycles. The maximum absolute atomic E-state index is 10.1. The number of hydrogen-bond acceptors (Lipinski definition) is 3. The number of carboxylic acids is 2. The minimum absolute atomic E-state index is 0.444. The zero-order chi connectivity index (χ0) is 8.15. The minimum Gasteiger partial charge on any atom is -0.481 e. The monoisotopic (exact) mass is 211 g/mol. The fraction of sp³-hybridized carbons (Fsp3) is 0.500. The molecule has 0 aromatic heterocycles. The summed E-state index contributed by atoms with van der Waals surface area (Å²) in [5.74, 6) is -2.35. The second-order valence-electron chi connectivity index (χ2n) is 1.60. The van der Waals surface area contributed by atoms with Crippen LogP contribution in [0.15, 0.2) is 0 Å². The highest BCUT2D eigenvalue weighted by Crippen LogP contribution is 1.93. The van der Waals surface area contributed by atoms with Crippen molar-refractivity contribution in [2.24, 2.45) is 0 Å². The fourth-order valence-corrected chi connectivity index (χ4v) is 0.705. The molecular weight excluding hydrogens is 206 g/mol. The summed E-state index contributed by atoms with van der Waals surface area (Å²) in [6.45, 7) is 0. The van der Waals surface area contributed by atoms with E-state index >= 15 is 0 Å². The average Bonchev–Trinajstić information content (AvgIpc) is 1.81. The van der Waals surface area contributed by atoms with Gasteiger partial charge in [-0.15, -0.1) is 0 Å². The molecule has 0 aromatic carbocycles. The Balaban J connectivity index is 3.83. The van der Waals surface area contributed by atoms with Gasteiger partial charge in [0, 0.05) is 16.1 Å².